The van der Waals surface area contributed by atoms with E-state index in [1.807, 2.05) is 6.07 Å². The molecule has 0 N–H and O–H groups in total. The molecule has 5 heteroatoms. The number of ether oxygens (including phenoxy) is 1. The van der Waals surface area contributed by atoms with Gasteiger partial charge in [0.05, 0.1) is 15.8 Å². The lowest BCUT2D eigenvalue weighted by Gasteiger charge is -2.18. The smallest absolute Gasteiger partial charge is 0.316 e. The summed E-state index contributed by atoms with van der Waals surface area (Å²) in [5.74, 6) is -1.12. The lowest BCUT2D eigenvalue weighted by Crippen LogP contribution is -2.29. The fourth-order valence-corrected chi connectivity index (χ4v) is 3.44. The zero-order valence-corrected chi connectivity index (χ0v) is 10.5. The maximum Gasteiger partial charge on any atom is 0.316 e. The third-order valence-corrected chi connectivity index (χ3v) is 4.20. The first-order valence-corrected chi connectivity index (χ1v) is 6.14. The van der Waals surface area contributed by atoms with Gasteiger partial charge in [0.25, 0.3) is 0 Å². The summed E-state index contributed by atoms with van der Waals surface area (Å²) in [7, 11) is 1.31. The van der Waals surface area contributed by atoms with Crippen LogP contribution in [0.15, 0.2) is 9.85 Å². The van der Waals surface area contributed by atoms with Crippen LogP contribution in [0.5, 0.6) is 0 Å². The Morgan fingerprint density at radius 3 is 3.07 bits per heavy atom. The molecule has 15 heavy (non-hydrogen) atoms. The van der Waals surface area contributed by atoms with Crippen molar-refractivity contribution in [3.05, 3.63) is 20.3 Å². The Bertz CT molecular complexity index is 424. The highest BCUT2D eigenvalue weighted by atomic mass is 79.9. The number of hydrogen-bond donors (Lipinski definition) is 0. The van der Waals surface area contributed by atoms with Crippen LogP contribution in [0.4, 0.5) is 0 Å². The molecule has 1 aliphatic carbocycles. The fourth-order valence-electron chi connectivity index (χ4n) is 1.75. The van der Waals surface area contributed by atoms with E-state index in [1.165, 1.54) is 18.4 Å². The third kappa shape index (κ3) is 1.86. The van der Waals surface area contributed by atoms with Gasteiger partial charge in [-0.15, -0.1) is 11.3 Å². The van der Waals surface area contributed by atoms with E-state index in [0.717, 1.165) is 15.8 Å². The molecule has 0 radical (unpaired) electrons. The van der Waals surface area contributed by atoms with E-state index >= 15 is 0 Å². The Kier molecular flexibility index (Phi) is 2.93. The second-order valence-corrected chi connectivity index (χ2v) is 5.81. The lowest BCUT2D eigenvalue weighted by molar-refractivity contribution is -0.143. The second-order valence-electron chi connectivity index (χ2n) is 3.38. The predicted octanol–water partition coefficient (Wildman–Crippen LogP) is 2.43. The van der Waals surface area contributed by atoms with E-state index in [4.69, 9.17) is 0 Å². The summed E-state index contributed by atoms with van der Waals surface area (Å²) in [6.07, 6.45) is 1.32. The Morgan fingerprint density at radius 2 is 2.40 bits per heavy atom. The number of Topliss-reactive ketones (excluding diaryl/α,β-unsaturated/α-hetero) is 1. The van der Waals surface area contributed by atoms with Crippen molar-refractivity contribution in [2.75, 3.05) is 7.11 Å². The highest BCUT2D eigenvalue weighted by Gasteiger charge is 2.34. The van der Waals surface area contributed by atoms with Gasteiger partial charge in [0.1, 0.15) is 5.92 Å². The number of carbonyl (C=O) groups excluding carboxylic acids is 2. The predicted molar refractivity (Wildman–Crippen MR) is 60.2 cm³/mol. The average molecular weight is 289 g/mol. The van der Waals surface area contributed by atoms with Gasteiger partial charge in [0, 0.05) is 0 Å². The third-order valence-electron chi connectivity index (χ3n) is 2.51. The number of ketones is 1. The van der Waals surface area contributed by atoms with Crippen LogP contribution in [0.3, 0.4) is 0 Å². The van der Waals surface area contributed by atoms with Crippen molar-refractivity contribution in [1.82, 2.24) is 0 Å². The molecular weight excluding hydrogens is 280 g/mol. The molecule has 0 saturated heterocycles. The van der Waals surface area contributed by atoms with Crippen molar-refractivity contribution in [2.45, 2.75) is 12.8 Å². The van der Waals surface area contributed by atoms with Crippen molar-refractivity contribution >= 4 is 39.0 Å². The molecule has 1 aromatic rings. The molecule has 80 valence electrons. The van der Waals surface area contributed by atoms with Crippen LogP contribution in [0.25, 0.3) is 0 Å². The highest BCUT2D eigenvalue weighted by Crippen LogP contribution is 2.35. The van der Waals surface area contributed by atoms with Gasteiger partial charge in [0.15, 0.2) is 5.78 Å². The number of halogens is 1. The minimum absolute atomic E-state index is 0.0983. The van der Waals surface area contributed by atoms with Crippen molar-refractivity contribution in [2.24, 2.45) is 5.92 Å². The molecule has 0 aromatic carbocycles. The number of aryl methyl sites for hydroxylation is 1. The summed E-state index contributed by atoms with van der Waals surface area (Å²) in [4.78, 5) is 24.0. The standard InChI is InChI=1S/C10H9BrO3S/c1-14-10(13)6-3-2-5-4-7(11)15-9(5)8(6)12/h4,6H,2-3H2,1H3. The number of hydrogen-bond acceptors (Lipinski definition) is 4. The van der Waals surface area contributed by atoms with Crippen LogP contribution in [-0.2, 0) is 16.0 Å². The lowest BCUT2D eigenvalue weighted by atomic mass is 9.88. The van der Waals surface area contributed by atoms with Crippen LogP contribution in [0.1, 0.15) is 21.7 Å². The SMILES string of the molecule is COC(=O)C1CCc2cc(Br)sc2C1=O. The van der Waals surface area contributed by atoms with Gasteiger partial charge in [-0.1, -0.05) is 0 Å². The largest absolute Gasteiger partial charge is 0.468 e. The van der Waals surface area contributed by atoms with E-state index in [2.05, 4.69) is 20.7 Å². The first-order valence-electron chi connectivity index (χ1n) is 4.53. The molecule has 0 saturated carbocycles. The molecule has 1 heterocycles. The molecule has 0 fully saturated rings. The van der Waals surface area contributed by atoms with Crippen molar-refractivity contribution in [3.63, 3.8) is 0 Å². The van der Waals surface area contributed by atoms with E-state index in [-0.39, 0.29) is 5.78 Å². The topological polar surface area (TPSA) is 43.4 Å². The summed E-state index contributed by atoms with van der Waals surface area (Å²) in [5.41, 5.74) is 1.04. The van der Waals surface area contributed by atoms with E-state index in [1.54, 1.807) is 0 Å². The van der Waals surface area contributed by atoms with Crippen molar-refractivity contribution in [1.29, 1.82) is 0 Å². The number of rotatable bonds is 1. The number of thiophene rings is 1. The van der Waals surface area contributed by atoms with Gasteiger partial charge in [-0.25, -0.2) is 0 Å². The summed E-state index contributed by atoms with van der Waals surface area (Å²) >= 11 is 4.73. The molecular formula is C10H9BrO3S. The van der Waals surface area contributed by atoms with Gasteiger partial charge < -0.3 is 4.74 Å². The van der Waals surface area contributed by atoms with Gasteiger partial charge in [0.2, 0.25) is 0 Å². The molecule has 1 aliphatic rings. The summed E-state index contributed by atoms with van der Waals surface area (Å²) in [6, 6.07) is 1.95. The van der Waals surface area contributed by atoms with E-state index in [9.17, 15) is 9.59 Å². The first kappa shape index (κ1) is 10.8. The van der Waals surface area contributed by atoms with Crippen molar-refractivity contribution in [3.8, 4) is 0 Å². The molecule has 0 amide bonds. The summed E-state index contributed by atoms with van der Waals surface area (Å²) in [5, 5.41) is 0. The maximum absolute atomic E-state index is 11.9. The Balaban J connectivity index is 2.33. The first-order chi connectivity index (χ1) is 7.13. The minimum atomic E-state index is -0.604. The fraction of sp³-hybridized carbons (Fsp3) is 0.400. The highest BCUT2D eigenvalue weighted by molar-refractivity contribution is 9.11. The number of esters is 1. The molecule has 1 aromatic heterocycles. The summed E-state index contributed by atoms with van der Waals surface area (Å²) in [6.45, 7) is 0. The quantitative estimate of drug-likeness (QED) is 0.589. The number of carbonyl (C=O) groups is 2. The number of fused-ring (bicyclic) bond motifs is 1. The van der Waals surface area contributed by atoms with Crippen LogP contribution < -0.4 is 0 Å². The normalized spacial score (nSPS) is 19.9. The van der Waals surface area contributed by atoms with E-state index in [0.29, 0.717) is 11.3 Å². The van der Waals surface area contributed by atoms with Gasteiger partial charge in [-0.2, -0.15) is 0 Å². The van der Waals surface area contributed by atoms with Gasteiger partial charge in [-0.05, 0) is 40.4 Å². The molecule has 0 spiro atoms. The Morgan fingerprint density at radius 1 is 1.67 bits per heavy atom. The van der Waals surface area contributed by atoms with Gasteiger partial charge >= 0.3 is 5.97 Å². The van der Waals surface area contributed by atoms with Crippen LogP contribution in [-0.4, -0.2) is 18.9 Å². The molecule has 1 atom stereocenters. The maximum atomic E-state index is 11.9. The second kappa shape index (κ2) is 4.06. The molecule has 2 rings (SSSR count). The summed E-state index contributed by atoms with van der Waals surface area (Å²) < 4.78 is 5.55. The van der Waals surface area contributed by atoms with E-state index < -0.39 is 11.9 Å². The Hall–Kier alpha value is -0.680. The van der Waals surface area contributed by atoms with Crippen LogP contribution in [0.2, 0.25) is 0 Å². The monoisotopic (exact) mass is 288 g/mol. The van der Waals surface area contributed by atoms with Gasteiger partial charge in [-0.3, -0.25) is 9.59 Å². The van der Waals surface area contributed by atoms with Crippen molar-refractivity contribution < 1.29 is 14.3 Å². The average Bonchev–Trinajstić information content (AvgIpc) is 2.59. The van der Waals surface area contributed by atoms with Crippen LogP contribution in [0, 0.1) is 5.92 Å². The van der Waals surface area contributed by atoms with Crippen LogP contribution >= 0.6 is 27.3 Å². The zero-order chi connectivity index (χ0) is 11.0. The molecule has 3 nitrogen and oxygen atoms in total. The molecule has 0 aliphatic heterocycles. The zero-order valence-electron chi connectivity index (χ0n) is 8.08. The minimum Gasteiger partial charge on any atom is -0.468 e. The Labute approximate surface area is 99.6 Å². The molecule has 1 unspecified atom stereocenters. The number of methoxy groups -OCH3 is 1. The molecule has 0 bridgehead atoms.